The summed E-state index contributed by atoms with van der Waals surface area (Å²) >= 11 is 1.30. The quantitative estimate of drug-likeness (QED) is 0.848. The molecule has 0 radical (unpaired) electrons. The highest BCUT2D eigenvalue weighted by molar-refractivity contribution is 7.99. The van der Waals surface area contributed by atoms with Crippen molar-refractivity contribution >= 4 is 17.7 Å². The first-order chi connectivity index (χ1) is 9.24. The molecule has 0 saturated heterocycles. The summed E-state index contributed by atoms with van der Waals surface area (Å²) in [6.45, 7) is 0. The van der Waals surface area contributed by atoms with Crippen LogP contribution in [0.25, 0.3) is 5.69 Å². The molecule has 2 aromatic heterocycles. The van der Waals surface area contributed by atoms with Crippen molar-refractivity contribution in [2.45, 2.75) is 23.8 Å². The van der Waals surface area contributed by atoms with E-state index in [-0.39, 0.29) is 5.75 Å². The molecule has 1 aliphatic rings. The molecule has 5 nitrogen and oxygen atoms in total. The standard InChI is InChI=1S/C13H13N3O2S/c17-13(18)8-19-12-7-11(9-1-2-9)15-16(12)10-3-5-14-6-4-10/h3-7,9H,1-2,8H2,(H,17,18). The Kier molecular flexibility index (Phi) is 3.25. The number of carbonyl (C=O) groups is 1. The number of rotatable bonds is 5. The van der Waals surface area contributed by atoms with Crippen LogP contribution in [0.1, 0.15) is 24.5 Å². The summed E-state index contributed by atoms with van der Waals surface area (Å²) in [4.78, 5) is 14.7. The van der Waals surface area contributed by atoms with Crippen LogP contribution in [-0.2, 0) is 4.79 Å². The highest BCUT2D eigenvalue weighted by atomic mass is 32.2. The number of nitrogens with zero attached hydrogens (tertiary/aromatic N) is 3. The van der Waals surface area contributed by atoms with E-state index >= 15 is 0 Å². The molecule has 0 bridgehead atoms. The second-order valence-electron chi connectivity index (χ2n) is 4.48. The fraction of sp³-hybridized carbons (Fsp3) is 0.308. The molecule has 2 aromatic rings. The summed E-state index contributed by atoms with van der Waals surface area (Å²) in [7, 11) is 0. The highest BCUT2D eigenvalue weighted by Crippen LogP contribution is 2.40. The van der Waals surface area contributed by atoms with Crippen molar-refractivity contribution in [3.63, 3.8) is 0 Å². The fourth-order valence-corrected chi connectivity index (χ4v) is 2.61. The first-order valence-corrected chi connectivity index (χ1v) is 7.07. The lowest BCUT2D eigenvalue weighted by Crippen LogP contribution is -2.02. The Morgan fingerprint density at radius 2 is 2.16 bits per heavy atom. The molecule has 2 heterocycles. The van der Waals surface area contributed by atoms with Crippen molar-refractivity contribution in [2.24, 2.45) is 0 Å². The molecule has 6 heteroatoms. The normalized spacial score (nSPS) is 14.5. The van der Waals surface area contributed by atoms with E-state index in [9.17, 15) is 4.79 Å². The molecular formula is C13H13N3O2S. The minimum atomic E-state index is -0.819. The number of aliphatic carboxylic acids is 1. The first-order valence-electron chi connectivity index (χ1n) is 6.09. The van der Waals surface area contributed by atoms with Crippen LogP contribution in [0.4, 0.5) is 0 Å². The van der Waals surface area contributed by atoms with Crippen molar-refractivity contribution in [3.8, 4) is 5.69 Å². The van der Waals surface area contributed by atoms with E-state index in [1.807, 2.05) is 22.9 Å². The van der Waals surface area contributed by atoms with Gasteiger partial charge in [0.2, 0.25) is 0 Å². The van der Waals surface area contributed by atoms with Gasteiger partial charge in [-0.05, 0) is 31.0 Å². The minimum Gasteiger partial charge on any atom is -0.481 e. The van der Waals surface area contributed by atoms with Gasteiger partial charge in [0.1, 0.15) is 5.03 Å². The fourth-order valence-electron chi connectivity index (χ4n) is 1.87. The molecule has 0 amide bonds. The number of pyridine rings is 1. The van der Waals surface area contributed by atoms with E-state index < -0.39 is 5.97 Å². The van der Waals surface area contributed by atoms with E-state index in [1.165, 1.54) is 24.6 Å². The predicted molar refractivity (Wildman–Crippen MR) is 71.7 cm³/mol. The Labute approximate surface area is 114 Å². The molecule has 19 heavy (non-hydrogen) atoms. The van der Waals surface area contributed by atoms with Gasteiger partial charge >= 0.3 is 5.97 Å². The molecule has 98 valence electrons. The van der Waals surface area contributed by atoms with Crippen molar-refractivity contribution in [3.05, 3.63) is 36.3 Å². The monoisotopic (exact) mass is 275 g/mol. The van der Waals surface area contributed by atoms with Crippen LogP contribution in [0.3, 0.4) is 0 Å². The molecule has 0 unspecified atom stereocenters. The zero-order chi connectivity index (χ0) is 13.2. The first kappa shape index (κ1) is 12.2. The van der Waals surface area contributed by atoms with E-state index in [0.29, 0.717) is 5.92 Å². The third kappa shape index (κ3) is 2.78. The maximum Gasteiger partial charge on any atom is 0.313 e. The molecule has 1 N–H and O–H groups in total. The summed E-state index contributed by atoms with van der Waals surface area (Å²) in [5, 5.41) is 14.3. The number of hydrogen-bond acceptors (Lipinski definition) is 4. The molecule has 3 rings (SSSR count). The van der Waals surface area contributed by atoms with E-state index in [0.717, 1.165) is 16.4 Å². The summed E-state index contributed by atoms with van der Waals surface area (Å²) < 4.78 is 1.81. The lowest BCUT2D eigenvalue weighted by molar-refractivity contribution is -0.133. The number of carboxylic acid groups (broad SMARTS) is 1. The minimum absolute atomic E-state index is 0.0425. The van der Waals surface area contributed by atoms with Crippen LogP contribution in [0.5, 0.6) is 0 Å². The average molecular weight is 275 g/mol. The van der Waals surface area contributed by atoms with Gasteiger partial charge in [0, 0.05) is 18.3 Å². The SMILES string of the molecule is O=C(O)CSc1cc(C2CC2)nn1-c1ccncc1. The van der Waals surface area contributed by atoms with E-state index in [2.05, 4.69) is 10.1 Å². The Morgan fingerprint density at radius 1 is 1.42 bits per heavy atom. The average Bonchev–Trinajstić information content (AvgIpc) is 3.18. The van der Waals surface area contributed by atoms with E-state index in [1.54, 1.807) is 12.4 Å². The Hall–Kier alpha value is -1.82. The van der Waals surface area contributed by atoms with Crippen LogP contribution >= 0.6 is 11.8 Å². The predicted octanol–water partition coefficient (Wildman–Crippen LogP) is 2.32. The molecule has 1 saturated carbocycles. The van der Waals surface area contributed by atoms with Crippen molar-refractivity contribution in [1.29, 1.82) is 0 Å². The molecule has 0 spiro atoms. The van der Waals surface area contributed by atoms with Gasteiger partial charge in [0.15, 0.2) is 0 Å². The van der Waals surface area contributed by atoms with Crippen LogP contribution < -0.4 is 0 Å². The number of hydrogen-bond donors (Lipinski definition) is 1. The van der Waals surface area contributed by atoms with Gasteiger partial charge in [-0.25, -0.2) is 4.68 Å². The second-order valence-corrected chi connectivity index (χ2v) is 5.48. The Balaban J connectivity index is 1.93. The summed E-state index contributed by atoms with van der Waals surface area (Å²) in [6, 6.07) is 5.74. The van der Waals surface area contributed by atoms with Gasteiger partial charge < -0.3 is 5.11 Å². The van der Waals surface area contributed by atoms with Gasteiger partial charge in [-0.15, -0.1) is 0 Å². The van der Waals surface area contributed by atoms with Crippen LogP contribution in [0.15, 0.2) is 35.6 Å². The van der Waals surface area contributed by atoms with Gasteiger partial charge in [0.05, 0.1) is 17.1 Å². The number of aromatic nitrogens is 3. The topological polar surface area (TPSA) is 68.0 Å². The number of thioether (sulfide) groups is 1. The van der Waals surface area contributed by atoms with Crippen molar-refractivity contribution in [2.75, 3.05) is 5.75 Å². The van der Waals surface area contributed by atoms with Gasteiger partial charge in [-0.3, -0.25) is 9.78 Å². The molecule has 1 fully saturated rings. The van der Waals surface area contributed by atoms with Crippen LogP contribution in [-0.4, -0.2) is 31.6 Å². The maximum atomic E-state index is 10.7. The zero-order valence-corrected chi connectivity index (χ0v) is 11.0. The van der Waals surface area contributed by atoms with Gasteiger partial charge in [0.25, 0.3) is 0 Å². The molecule has 0 aliphatic heterocycles. The summed E-state index contributed by atoms with van der Waals surface area (Å²) in [5.74, 6) is -0.228. The van der Waals surface area contributed by atoms with Crippen LogP contribution in [0, 0.1) is 0 Å². The third-order valence-corrected chi connectivity index (χ3v) is 3.92. The maximum absolute atomic E-state index is 10.7. The van der Waals surface area contributed by atoms with Gasteiger partial charge in [-0.2, -0.15) is 5.10 Å². The number of carboxylic acids is 1. The Morgan fingerprint density at radius 3 is 2.79 bits per heavy atom. The third-order valence-electron chi connectivity index (χ3n) is 2.94. The zero-order valence-electron chi connectivity index (χ0n) is 10.2. The lowest BCUT2D eigenvalue weighted by atomic mass is 10.3. The van der Waals surface area contributed by atoms with Crippen LogP contribution in [0.2, 0.25) is 0 Å². The summed E-state index contributed by atoms with van der Waals surface area (Å²) in [5.41, 5.74) is 1.97. The molecule has 0 atom stereocenters. The van der Waals surface area contributed by atoms with Gasteiger partial charge in [-0.1, -0.05) is 11.8 Å². The summed E-state index contributed by atoms with van der Waals surface area (Å²) in [6.07, 6.45) is 5.77. The largest absolute Gasteiger partial charge is 0.481 e. The smallest absolute Gasteiger partial charge is 0.313 e. The van der Waals surface area contributed by atoms with Crippen molar-refractivity contribution < 1.29 is 9.90 Å². The second kappa shape index (κ2) is 5.05. The lowest BCUT2D eigenvalue weighted by Gasteiger charge is -2.05. The molecule has 1 aliphatic carbocycles. The van der Waals surface area contributed by atoms with Crippen molar-refractivity contribution in [1.82, 2.24) is 14.8 Å². The molecule has 0 aromatic carbocycles. The Bertz CT molecular complexity index is 593. The van der Waals surface area contributed by atoms with E-state index in [4.69, 9.17) is 5.11 Å². The molecular weight excluding hydrogens is 262 g/mol. The highest BCUT2D eigenvalue weighted by Gasteiger charge is 2.27.